The Kier molecular flexibility index (Phi) is 3.36. The van der Waals surface area contributed by atoms with Gasteiger partial charge in [-0.15, -0.1) is 0 Å². The molecule has 1 aliphatic carbocycles. The molecule has 0 saturated heterocycles. The van der Waals surface area contributed by atoms with E-state index in [1.165, 1.54) is 53.4 Å². The maximum atomic E-state index is 3.72. The van der Waals surface area contributed by atoms with E-state index < -0.39 is 0 Å². The van der Waals surface area contributed by atoms with Crippen molar-refractivity contribution in [1.82, 2.24) is 10.3 Å². The van der Waals surface area contributed by atoms with Crippen LogP contribution in [0.25, 0.3) is 10.9 Å². The fraction of sp³-hybridized carbons (Fsp3) is 0.529. The molecular formula is C17H24N2. The number of nitrogens with one attached hydrogen (secondary N) is 2. The van der Waals surface area contributed by atoms with Crippen LogP contribution in [0.2, 0.25) is 0 Å². The highest BCUT2D eigenvalue weighted by atomic mass is 14.9. The summed E-state index contributed by atoms with van der Waals surface area (Å²) in [6.07, 6.45) is 4.96. The van der Waals surface area contributed by atoms with Crippen molar-refractivity contribution >= 4 is 10.9 Å². The molecule has 2 heteroatoms. The first-order valence-corrected chi connectivity index (χ1v) is 7.55. The van der Waals surface area contributed by atoms with Crippen LogP contribution in [0, 0.1) is 13.8 Å². The van der Waals surface area contributed by atoms with E-state index in [-0.39, 0.29) is 0 Å². The van der Waals surface area contributed by atoms with Gasteiger partial charge in [-0.25, -0.2) is 0 Å². The van der Waals surface area contributed by atoms with Gasteiger partial charge in [0.2, 0.25) is 0 Å². The summed E-state index contributed by atoms with van der Waals surface area (Å²) in [4.78, 5) is 3.68. The summed E-state index contributed by atoms with van der Waals surface area (Å²) in [5.41, 5.74) is 7.09. The number of hydrogen-bond donors (Lipinski definition) is 2. The van der Waals surface area contributed by atoms with E-state index in [4.69, 9.17) is 0 Å². The van der Waals surface area contributed by atoms with Crippen molar-refractivity contribution in [2.45, 2.75) is 52.5 Å². The molecule has 0 saturated carbocycles. The molecule has 19 heavy (non-hydrogen) atoms. The molecule has 1 unspecified atom stereocenters. The fourth-order valence-corrected chi connectivity index (χ4v) is 3.47. The lowest BCUT2D eigenvalue weighted by atomic mass is 9.90. The Morgan fingerprint density at radius 2 is 2.16 bits per heavy atom. The van der Waals surface area contributed by atoms with Gasteiger partial charge in [0.15, 0.2) is 0 Å². The van der Waals surface area contributed by atoms with Crippen molar-refractivity contribution < 1.29 is 0 Å². The predicted octanol–water partition coefficient (Wildman–Crippen LogP) is 4.16. The molecule has 1 aromatic heterocycles. The van der Waals surface area contributed by atoms with Crippen molar-refractivity contribution in [2.75, 3.05) is 6.54 Å². The summed E-state index contributed by atoms with van der Waals surface area (Å²) >= 11 is 0. The van der Waals surface area contributed by atoms with E-state index in [1.807, 2.05) is 0 Å². The third-order valence-electron chi connectivity index (χ3n) is 4.28. The summed E-state index contributed by atoms with van der Waals surface area (Å²) in [7, 11) is 0. The number of aryl methyl sites for hydroxylation is 3. The second kappa shape index (κ2) is 5.01. The highest BCUT2D eigenvalue weighted by Crippen LogP contribution is 2.37. The molecule has 1 aromatic carbocycles. The van der Waals surface area contributed by atoms with Crippen LogP contribution in [0.4, 0.5) is 0 Å². The zero-order chi connectivity index (χ0) is 13.4. The van der Waals surface area contributed by atoms with Crippen LogP contribution in [-0.4, -0.2) is 11.5 Å². The van der Waals surface area contributed by atoms with Gasteiger partial charge in [0, 0.05) is 22.6 Å². The highest BCUT2D eigenvalue weighted by molar-refractivity contribution is 5.88. The Hall–Kier alpha value is -1.28. The standard InChI is InChI=1S/C17H24N2/c1-4-8-18-14-6-5-7-15-16(14)13-10-11(2)9-12(3)17(13)19-15/h9-10,14,18-19H,4-8H2,1-3H3. The number of benzene rings is 1. The molecule has 0 fully saturated rings. The van der Waals surface area contributed by atoms with Gasteiger partial charge in [-0.3, -0.25) is 0 Å². The minimum Gasteiger partial charge on any atom is -0.358 e. The molecule has 1 heterocycles. The van der Waals surface area contributed by atoms with Crippen LogP contribution in [-0.2, 0) is 6.42 Å². The molecular weight excluding hydrogens is 232 g/mol. The van der Waals surface area contributed by atoms with Gasteiger partial charge in [0.25, 0.3) is 0 Å². The van der Waals surface area contributed by atoms with E-state index in [1.54, 1.807) is 5.56 Å². The molecule has 102 valence electrons. The largest absolute Gasteiger partial charge is 0.358 e. The van der Waals surface area contributed by atoms with Crippen LogP contribution in [0.5, 0.6) is 0 Å². The summed E-state index contributed by atoms with van der Waals surface area (Å²) in [6.45, 7) is 7.76. The molecule has 2 N–H and O–H groups in total. The average Bonchev–Trinajstić information content (AvgIpc) is 2.76. The van der Waals surface area contributed by atoms with Crippen molar-refractivity contribution in [3.8, 4) is 0 Å². The van der Waals surface area contributed by atoms with E-state index >= 15 is 0 Å². The van der Waals surface area contributed by atoms with Crippen LogP contribution in [0.15, 0.2) is 12.1 Å². The number of aromatic amines is 1. The normalized spacial score (nSPS) is 18.8. The number of rotatable bonds is 3. The number of fused-ring (bicyclic) bond motifs is 3. The Morgan fingerprint density at radius 1 is 1.32 bits per heavy atom. The molecule has 2 nitrogen and oxygen atoms in total. The molecule has 1 atom stereocenters. The Labute approximate surface area is 115 Å². The van der Waals surface area contributed by atoms with Gasteiger partial charge in [-0.05, 0) is 63.3 Å². The molecule has 0 amide bonds. The van der Waals surface area contributed by atoms with Gasteiger partial charge in [-0.2, -0.15) is 0 Å². The minimum absolute atomic E-state index is 0.540. The first-order valence-electron chi connectivity index (χ1n) is 7.55. The number of H-pyrrole nitrogens is 1. The zero-order valence-corrected chi connectivity index (χ0v) is 12.3. The van der Waals surface area contributed by atoms with Gasteiger partial charge in [0.1, 0.15) is 0 Å². The second-order valence-corrected chi connectivity index (χ2v) is 5.92. The lowest BCUT2D eigenvalue weighted by Gasteiger charge is -2.24. The lowest BCUT2D eigenvalue weighted by molar-refractivity contribution is 0.461. The Bertz CT molecular complexity index is 595. The van der Waals surface area contributed by atoms with Gasteiger partial charge < -0.3 is 10.3 Å². The lowest BCUT2D eigenvalue weighted by Crippen LogP contribution is -2.25. The number of hydrogen-bond acceptors (Lipinski definition) is 1. The van der Waals surface area contributed by atoms with Crippen molar-refractivity contribution in [1.29, 1.82) is 0 Å². The number of aromatic nitrogens is 1. The summed E-state index contributed by atoms with van der Waals surface area (Å²) in [6, 6.07) is 5.17. The van der Waals surface area contributed by atoms with Crippen LogP contribution in [0.3, 0.4) is 0 Å². The smallest absolute Gasteiger partial charge is 0.0489 e. The first kappa shape index (κ1) is 12.7. The molecule has 2 aromatic rings. The topological polar surface area (TPSA) is 27.8 Å². The fourth-order valence-electron chi connectivity index (χ4n) is 3.47. The molecule has 0 bridgehead atoms. The minimum atomic E-state index is 0.540. The first-order chi connectivity index (χ1) is 9.20. The Morgan fingerprint density at radius 3 is 2.95 bits per heavy atom. The molecule has 0 spiro atoms. The molecule has 1 aliphatic rings. The maximum absolute atomic E-state index is 3.72. The summed E-state index contributed by atoms with van der Waals surface area (Å²) in [5.74, 6) is 0. The third kappa shape index (κ3) is 2.18. The van der Waals surface area contributed by atoms with Gasteiger partial charge in [-0.1, -0.05) is 18.6 Å². The van der Waals surface area contributed by atoms with Gasteiger partial charge in [0.05, 0.1) is 0 Å². The third-order valence-corrected chi connectivity index (χ3v) is 4.28. The van der Waals surface area contributed by atoms with E-state index in [0.29, 0.717) is 6.04 Å². The zero-order valence-electron chi connectivity index (χ0n) is 12.3. The van der Waals surface area contributed by atoms with Crippen LogP contribution < -0.4 is 5.32 Å². The predicted molar refractivity (Wildman–Crippen MR) is 81.7 cm³/mol. The molecule has 3 rings (SSSR count). The summed E-state index contributed by atoms with van der Waals surface area (Å²) in [5, 5.41) is 5.17. The van der Waals surface area contributed by atoms with Gasteiger partial charge >= 0.3 is 0 Å². The highest BCUT2D eigenvalue weighted by Gasteiger charge is 2.24. The summed E-state index contributed by atoms with van der Waals surface area (Å²) < 4.78 is 0. The monoisotopic (exact) mass is 256 g/mol. The van der Waals surface area contributed by atoms with E-state index in [2.05, 4.69) is 43.2 Å². The van der Waals surface area contributed by atoms with Crippen LogP contribution in [0.1, 0.15) is 54.6 Å². The van der Waals surface area contributed by atoms with E-state index in [9.17, 15) is 0 Å². The van der Waals surface area contributed by atoms with Crippen molar-refractivity contribution in [2.24, 2.45) is 0 Å². The van der Waals surface area contributed by atoms with Crippen molar-refractivity contribution in [3.63, 3.8) is 0 Å². The SMILES string of the molecule is CCCNC1CCCc2[nH]c3c(C)cc(C)cc3c21. The maximum Gasteiger partial charge on any atom is 0.0489 e. The Balaban J connectivity index is 2.13. The molecule has 0 aliphatic heterocycles. The molecule has 0 radical (unpaired) electrons. The van der Waals surface area contributed by atoms with E-state index in [0.717, 1.165) is 6.54 Å². The quantitative estimate of drug-likeness (QED) is 0.848. The second-order valence-electron chi connectivity index (χ2n) is 5.92. The average molecular weight is 256 g/mol. The van der Waals surface area contributed by atoms with Crippen LogP contribution >= 0.6 is 0 Å². The van der Waals surface area contributed by atoms with Crippen molar-refractivity contribution in [3.05, 3.63) is 34.5 Å².